The SMILES string of the molecule is O=C(O)COc1ccc(-c2nc3cnccc3[nH]2)cc1. The maximum atomic E-state index is 10.4. The third kappa shape index (κ3) is 2.44. The number of pyridine rings is 1. The number of H-pyrrole nitrogens is 1. The lowest BCUT2D eigenvalue weighted by Gasteiger charge is -2.03. The van der Waals surface area contributed by atoms with E-state index in [1.165, 1.54) is 0 Å². The van der Waals surface area contributed by atoms with Crippen LogP contribution in [0.5, 0.6) is 5.75 Å². The first-order valence-corrected chi connectivity index (χ1v) is 5.97. The Morgan fingerprint density at radius 3 is 2.75 bits per heavy atom. The Morgan fingerprint density at radius 2 is 2.05 bits per heavy atom. The van der Waals surface area contributed by atoms with Gasteiger partial charge in [-0.25, -0.2) is 9.78 Å². The number of carboxylic acids is 1. The van der Waals surface area contributed by atoms with Crippen molar-refractivity contribution in [2.45, 2.75) is 0 Å². The van der Waals surface area contributed by atoms with Gasteiger partial charge in [-0.05, 0) is 30.3 Å². The molecule has 0 radical (unpaired) electrons. The number of rotatable bonds is 4. The normalized spacial score (nSPS) is 10.6. The van der Waals surface area contributed by atoms with Gasteiger partial charge in [0.1, 0.15) is 17.1 Å². The van der Waals surface area contributed by atoms with Gasteiger partial charge in [-0.15, -0.1) is 0 Å². The van der Waals surface area contributed by atoms with Gasteiger partial charge in [0.2, 0.25) is 0 Å². The van der Waals surface area contributed by atoms with E-state index >= 15 is 0 Å². The van der Waals surface area contributed by atoms with Crippen molar-refractivity contribution in [2.75, 3.05) is 6.61 Å². The second-order valence-electron chi connectivity index (χ2n) is 4.19. The van der Waals surface area contributed by atoms with Crippen molar-refractivity contribution in [3.8, 4) is 17.1 Å². The molecule has 2 heterocycles. The number of nitrogens with one attached hydrogen (secondary N) is 1. The Hall–Kier alpha value is -2.89. The highest BCUT2D eigenvalue weighted by Gasteiger charge is 2.05. The van der Waals surface area contributed by atoms with E-state index in [9.17, 15) is 4.79 Å². The Kier molecular flexibility index (Phi) is 3.04. The van der Waals surface area contributed by atoms with E-state index in [0.29, 0.717) is 5.75 Å². The van der Waals surface area contributed by atoms with Crippen LogP contribution in [0.15, 0.2) is 42.7 Å². The fourth-order valence-corrected chi connectivity index (χ4v) is 1.85. The molecule has 6 nitrogen and oxygen atoms in total. The molecule has 0 bridgehead atoms. The Balaban J connectivity index is 1.85. The van der Waals surface area contributed by atoms with E-state index in [1.54, 1.807) is 24.5 Å². The monoisotopic (exact) mass is 269 g/mol. The van der Waals surface area contributed by atoms with Crippen molar-refractivity contribution >= 4 is 17.0 Å². The van der Waals surface area contributed by atoms with Crippen LogP contribution in [0, 0.1) is 0 Å². The molecule has 0 saturated heterocycles. The average molecular weight is 269 g/mol. The number of carboxylic acid groups (broad SMARTS) is 1. The summed E-state index contributed by atoms with van der Waals surface area (Å²) in [6, 6.07) is 8.92. The number of aromatic nitrogens is 3. The van der Waals surface area contributed by atoms with Crippen LogP contribution in [0.1, 0.15) is 0 Å². The van der Waals surface area contributed by atoms with Crippen molar-refractivity contribution < 1.29 is 14.6 Å². The molecule has 0 aliphatic carbocycles. The van der Waals surface area contributed by atoms with Crippen LogP contribution in [0.2, 0.25) is 0 Å². The number of imidazole rings is 1. The standard InChI is InChI=1S/C14H11N3O3/c18-13(19)8-20-10-3-1-9(2-4-10)14-16-11-5-6-15-7-12(11)17-14/h1-7H,8H2,(H,16,17)(H,18,19). The summed E-state index contributed by atoms with van der Waals surface area (Å²) in [7, 11) is 0. The number of hydrogen-bond donors (Lipinski definition) is 2. The molecule has 20 heavy (non-hydrogen) atoms. The van der Waals surface area contributed by atoms with Gasteiger partial charge in [0.15, 0.2) is 6.61 Å². The smallest absolute Gasteiger partial charge is 0.341 e. The van der Waals surface area contributed by atoms with Crippen LogP contribution < -0.4 is 4.74 Å². The van der Waals surface area contributed by atoms with Gasteiger partial charge in [0, 0.05) is 11.8 Å². The van der Waals surface area contributed by atoms with E-state index in [0.717, 1.165) is 22.4 Å². The summed E-state index contributed by atoms with van der Waals surface area (Å²) in [5, 5.41) is 8.54. The molecule has 0 fully saturated rings. The fourth-order valence-electron chi connectivity index (χ4n) is 1.85. The molecule has 0 atom stereocenters. The number of benzene rings is 1. The first kappa shape index (κ1) is 12.2. The zero-order valence-corrected chi connectivity index (χ0v) is 10.4. The number of ether oxygens (including phenoxy) is 1. The number of carbonyl (C=O) groups is 1. The van der Waals surface area contributed by atoms with Crippen LogP contribution in [0.3, 0.4) is 0 Å². The summed E-state index contributed by atoms with van der Waals surface area (Å²) in [5.74, 6) is 0.241. The summed E-state index contributed by atoms with van der Waals surface area (Å²) in [6.07, 6.45) is 3.40. The number of fused-ring (bicyclic) bond motifs is 1. The molecule has 2 N–H and O–H groups in total. The highest BCUT2D eigenvalue weighted by molar-refractivity contribution is 5.78. The summed E-state index contributed by atoms with van der Waals surface area (Å²) >= 11 is 0. The fraction of sp³-hybridized carbons (Fsp3) is 0.0714. The summed E-state index contributed by atoms with van der Waals surface area (Å²) in [5.41, 5.74) is 2.61. The number of hydrogen-bond acceptors (Lipinski definition) is 4. The molecule has 0 spiro atoms. The van der Waals surface area contributed by atoms with Gasteiger partial charge >= 0.3 is 5.97 Å². The quantitative estimate of drug-likeness (QED) is 0.757. The van der Waals surface area contributed by atoms with Crippen LogP contribution in [0.4, 0.5) is 0 Å². The molecule has 1 aromatic carbocycles. The maximum absolute atomic E-state index is 10.4. The Labute approximate surface area is 114 Å². The zero-order chi connectivity index (χ0) is 13.9. The predicted octanol–water partition coefficient (Wildman–Crippen LogP) is 2.09. The molecule has 3 rings (SSSR count). The molecule has 100 valence electrons. The van der Waals surface area contributed by atoms with E-state index in [4.69, 9.17) is 9.84 Å². The van der Waals surface area contributed by atoms with Crippen molar-refractivity contribution in [2.24, 2.45) is 0 Å². The van der Waals surface area contributed by atoms with E-state index in [2.05, 4.69) is 15.0 Å². The van der Waals surface area contributed by atoms with Crippen molar-refractivity contribution in [1.29, 1.82) is 0 Å². The second kappa shape index (κ2) is 5.00. The van der Waals surface area contributed by atoms with Gasteiger partial charge in [0.05, 0.1) is 11.7 Å². The molecular weight excluding hydrogens is 258 g/mol. The Morgan fingerprint density at radius 1 is 1.25 bits per heavy atom. The van der Waals surface area contributed by atoms with Crippen molar-refractivity contribution in [3.63, 3.8) is 0 Å². The number of aliphatic carboxylic acids is 1. The topological polar surface area (TPSA) is 88.1 Å². The third-order valence-electron chi connectivity index (χ3n) is 2.78. The largest absolute Gasteiger partial charge is 0.482 e. The van der Waals surface area contributed by atoms with Crippen LogP contribution in [-0.4, -0.2) is 32.6 Å². The second-order valence-corrected chi connectivity index (χ2v) is 4.19. The molecule has 6 heteroatoms. The molecular formula is C14H11N3O3. The first-order chi connectivity index (χ1) is 9.72. The minimum atomic E-state index is -1.00. The predicted molar refractivity (Wildman–Crippen MR) is 72.5 cm³/mol. The lowest BCUT2D eigenvalue weighted by Crippen LogP contribution is -2.09. The van der Waals surface area contributed by atoms with Crippen molar-refractivity contribution in [3.05, 3.63) is 42.7 Å². The molecule has 0 aliphatic heterocycles. The average Bonchev–Trinajstić information content (AvgIpc) is 2.89. The van der Waals surface area contributed by atoms with Crippen LogP contribution >= 0.6 is 0 Å². The molecule has 0 saturated carbocycles. The molecule has 3 aromatic rings. The molecule has 0 unspecified atom stereocenters. The van der Waals surface area contributed by atoms with E-state index in [-0.39, 0.29) is 6.61 Å². The molecule has 0 aliphatic rings. The maximum Gasteiger partial charge on any atom is 0.341 e. The van der Waals surface area contributed by atoms with Gasteiger partial charge < -0.3 is 14.8 Å². The van der Waals surface area contributed by atoms with Crippen molar-refractivity contribution in [1.82, 2.24) is 15.0 Å². The van der Waals surface area contributed by atoms with Gasteiger partial charge in [-0.1, -0.05) is 0 Å². The van der Waals surface area contributed by atoms with Crippen LogP contribution in [0.25, 0.3) is 22.4 Å². The summed E-state index contributed by atoms with van der Waals surface area (Å²) in [6.45, 7) is -0.352. The lowest BCUT2D eigenvalue weighted by molar-refractivity contribution is -0.139. The highest BCUT2D eigenvalue weighted by Crippen LogP contribution is 2.22. The summed E-state index contributed by atoms with van der Waals surface area (Å²) < 4.78 is 5.08. The first-order valence-electron chi connectivity index (χ1n) is 5.97. The third-order valence-corrected chi connectivity index (χ3v) is 2.78. The Bertz CT molecular complexity index is 717. The van der Waals surface area contributed by atoms with Gasteiger partial charge in [-0.2, -0.15) is 0 Å². The van der Waals surface area contributed by atoms with Gasteiger partial charge in [-0.3, -0.25) is 4.98 Å². The number of nitrogens with zero attached hydrogens (tertiary/aromatic N) is 2. The molecule has 0 amide bonds. The molecule has 2 aromatic heterocycles. The highest BCUT2D eigenvalue weighted by atomic mass is 16.5. The van der Waals surface area contributed by atoms with E-state index < -0.39 is 5.97 Å². The van der Waals surface area contributed by atoms with E-state index in [1.807, 2.05) is 18.2 Å². The van der Waals surface area contributed by atoms with Gasteiger partial charge in [0.25, 0.3) is 0 Å². The zero-order valence-electron chi connectivity index (χ0n) is 10.4. The minimum Gasteiger partial charge on any atom is -0.482 e. The minimum absolute atomic E-state index is 0.352. The summed E-state index contributed by atoms with van der Waals surface area (Å²) in [4.78, 5) is 22.1. The lowest BCUT2D eigenvalue weighted by atomic mass is 10.2. The van der Waals surface area contributed by atoms with Crippen LogP contribution in [-0.2, 0) is 4.79 Å². The number of aromatic amines is 1.